The van der Waals surface area contributed by atoms with Crippen LogP contribution in [0.4, 0.5) is 10.1 Å². The molecule has 0 amide bonds. The second-order valence-corrected chi connectivity index (χ2v) is 8.20. The largest absolute Gasteiger partial charge is 0.378 e. The molecular formula is C24H21ClFNOS. The van der Waals surface area contributed by atoms with E-state index in [0.29, 0.717) is 21.2 Å². The summed E-state index contributed by atoms with van der Waals surface area (Å²) in [6.45, 7) is 0. The topological polar surface area (TPSA) is 20.3 Å². The minimum absolute atomic E-state index is 0.0644. The van der Waals surface area contributed by atoms with Crippen molar-refractivity contribution in [2.24, 2.45) is 0 Å². The molecular weight excluding hydrogens is 405 g/mol. The zero-order valence-electron chi connectivity index (χ0n) is 16.2. The molecule has 0 heterocycles. The van der Waals surface area contributed by atoms with Gasteiger partial charge in [0.2, 0.25) is 0 Å². The Balaban J connectivity index is 1.88. The van der Waals surface area contributed by atoms with Gasteiger partial charge in [0.05, 0.1) is 4.91 Å². The van der Waals surface area contributed by atoms with E-state index in [2.05, 4.69) is 0 Å². The van der Waals surface area contributed by atoms with Crippen LogP contribution in [0.2, 0.25) is 5.02 Å². The third kappa shape index (κ3) is 5.96. The number of hydrogen-bond donors (Lipinski definition) is 0. The molecule has 5 heteroatoms. The van der Waals surface area contributed by atoms with Crippen molar-refractivity contribution in [1.29, 1.82) is 0 Å². The Kier molecular flexibility index (Phi) is 7.13. The van der Waals surface area contributed by atoms with Crippen LogP contribution in [0, 0.1) is 5.82 Å². The second-order valence-electron chi connectivity index (χ2n) is 6.75. The van der Waals surface area contributed by atoms with Gasteiger partial charge >= 0.3 is 0 Å². The number of Topliss-reactive ketones (excluding diaryl/α,β-unsaturated/α-hetero) is 1. The predicted octanol–water partition coefficient (Wildman–Crippen LogP) is 6.70. The number of hydrogen-bond acceptors (Lipinski definition) is 3. The molecule has 29 heavy (non-hydrogen) atoms. The lowest BCUT2D eigenvalue weighted by Crippen LogP contribution is -2.08. The highest BCUT2D eigenvalue weighted by Gasteiger charge is 2.14. The van der Waals surface area contributed by atoms with Gasteiger partial charge in [-0.25, -0.2) is 4.39 Å². The van der Waals surface area contributed by atoms with E-state index in [-0.39, 0.29) is 11.6 Å². The molecule has 0 aromatic heterocycles. The quantitative estimate of drug-likeness (QED) is 0.310. The first-order valence-electron chi connectivity index (χ1n) is 9.09. The number of carbonyl (C=O) groups is 1. The monoisotopic (exact) mass is 425 g/mol. The predicted molar refractivity (Wildman–Crippen MR) is 122 cm³/mol. The zero-order chi connectivity index (χ0) is 20.8. The molecule has 0 spiro atoms. The van der Waals surface area contributed by atoms with Crippen LogP contribution in [-0.4, -0.2) is 19.9 Å². The van der Waals surface area contributed by atoms with Gasteiger partial charge in [-0.1, -0.05) is 35.9 Å². The van der Waals surface area contributed by atoms with Gasteiger partial charge in [-0.15, -0.1) is 11.8 Å². The summed E-state index contributed by atoms with van der Waals surface area (Å²) in [5.41, 5.74) is 3.57. The summed E-state index contributed by atoms with van der Waals surface area (Å²) in [5.74, 6) is 0.236. The molecule has 3 aromatic carbocycles. The van der Waals surface area contributed by atoms with Crippen LogP contribution < -0.4 is 4.90 Å². The minimum Gasteiger partial charge on any atom is -0.378 e. The maximum absolute atomic E-state index is 13.2. The summed E-state index contributed by atoms with van der Waals surface area (Å²) < 4.78 is 13.2. The Morgan fingerprint density at radius 3 is 2.17 bits per heavy atom. The molecule has 148 valence electrons. The van der Waals surface area contributed by atoms with Gasteiger partial charge in [-0.05, 0) is 65.7 Å². The summed E-state index contributed by atoms with van der Waals surface area (Å²) in [5, 5.41) is 0.588. The molecule has 0 unspecified atom stereocenters. The zero-order valence-corrected chi connectivity index (χ0v) is 17.8. The van der Waals surface area contributed by atoms with E-state index in [9.17, 15) is 9.18 Å². The fraction of sp³-hybridized carbons (Fsp3) is 0.125. The Morgan fingerprint density at radius 2 is 1.59 bits per heavy atom. The summed E-state index contributed by atoms with van der Waals surface area (Å²) in [6, 6.07) is 21.2. The third-order valence-electron chi connectivity index (χ3n) is 4.35. The summed E-state index contributed by atoms with van der Waals surface area (Å²) in [4.78, 5) is 15.8. The Morgan fingerprint density at radius 1 is 0.966 bits per heavy atom. The normalized spacial score (nSPS) is 11.4. The van der Waals surface area contributed by atoms with Crippen LogP contribution >= 0.6 is 23.4 Å². The molecule has 0 N–H and O–H groups in total. The van der Waals surface area contributed by atoms with Crippen molar-refractivity contribution in [1.82, 2.24) is 0 Å². The number of anilines is 1. The third-order valence-corrected chi connectivity index (χ3v) is 5.69. The lowest BCUT2D eigenvalue weighted by Gasteiger charge is -2.12. The first-order chi connectivity index (χ1) is 13.9. The van der Waals surface area contributed by atoms with Crippen molar-refractivity contribution in [2.75, 3.05) is 19.0 Å². The van der Waals surface area contributed by atoms with Gasteiger partial charge in [-0.2, -0.15) is 0 Å². The van der Waals surface area contributed by atoms with Gasteiger partial charge in [0, 0.05) is 36.1 Å². The highest BCUT2D eigenvalue weighted by Crippen LogP contribution is 2.28. The Labute approximate surface area is 180 Å². The average molecular weight is 426 g/mol. The fourth-order valence-corrected chi connectivity index (χ4v) is 3.79. The maximum Gasteiger partial charge on any atom is 0.199 e. The number of rotatable bonds is 7. The van der Waals surface area contributed by atoms with Crippen LogP contribution in [0.3, 0.4) is 0 Å². The van der Waals surface area contributed by atoms with Crippen molar-refractivity contribution >= 4 is 40.9 Å². The summed E-state index contributed by atoms with van der Waals surface area (Å²) in [6.07, 6.45) is 1.89. The highest BCUT2D eigenvalue weighted by molar-refractivity contribution is 8.03. The first-order valence-corrected chi connectivity index (χ1v) is 10.5. The molecule has 0 aliphatic heterocycles. The minimum atomic E-state index is -0.271. The molecule has 3 aromatic rings. The smallest absolute Gasteiger partial charge is 0.199 e. The van der Waals surface area contributed by atoms with E-state index >= 15 is 0 Å². The van der Waals surface area contributed by atoms with Gasteiger partial charge in [-0.3, -0.25) is 4.79 Å². The van der Waals surface area contributed by atoms with E-state index in [0.717, 1.165) is 16.8 Å². The highest BCUT2D eigenvalue weighted by atomic mass is 35.5. The van der Waals surface area contributed by atoms with Crippen molar-refractivity contribution in [3.63, 3.8) is 0 Å². The molecule has 0 radical (unpaired) electrons. The van der Waals surface area contributed by atoms with E-state index in [4.69, 9.17) is 11.6 Å². The molecule has 0 aliphatic rings. The van der Waals surface area contributed by atoms with Crippen molar-refractivity contribution in [3.8, 4) is 0 Å². The summed E-state index contributed by atoms with van der Waals surface area (Å²) >= 11 is 7.39. The van der Waals surface area contributed by atoms with Crippen LogP contribution in [0.15, 0.2) is 77.7 Å². The average Bonchev–Trinajstić information content (AvgIpc) is 2.72. The van der Waals surface area contributed by atoms with Gasteiger partial charge in [0.15, 0.2) is 5.78 Å². The van der Waals surface area contributed by atoms with Crippen molar-refractivity contribution in [3.05, 3.63) is 105 Å². The van der Waals surface area contributed by atoms with Crippen LogP contribution in [0.1, 0.15) is 21.5 Å². The van der Waals surface area contributed by atoms with Crippen molar-refractivity contribution < 1.29 is 9.18 Å². The Bertz CT molecular complexity index is 997. The van der Waals surface area contributed by atoms with E-state index in [1.54, 1.807) is 36.4 Å². The summed E-state index contributed by atoms with van der Waals surface area (Å²) in [7, 11) is 3.97. The molecule has 0 saturated heterocycles. The van der Waals surface area contributed by atoms with Gasteiger partial charge < -0.3 is 4.90 Å². The molecule has 2 nitrogen and oxygen atoms in total. The number of nitrogens with zero attached hydrogens (tertiary/aromatic N) is 1. The Hall–Kier alpha value is -2.56. The number of benzene rings is 3. The molecule has 0 fully saturated rings. The molecule has 0 bridgehead atoms. The number of ketones is 1. The van der Waals surface area contributed by atoms with Crippen LogP contribution in [0.5, 0.6) is 0 Å². The molecule has 0 aliphatic carbocycles. The number of allylic oxidation sites excluding steroid dienone is 1. The first kappa shape index (κ1) is 21.2. The second kappa shape index (κ2) is 9.77. The van der Waals surface area contributed by atoms with Crippen LogP contribution in [-0.2, 0) is 5.75 Å². The SMILES string of the molecule is CN(C)c1ccc(/C=C(/SCc2ccc(F)cc2)C(=O)c2ccc(Cl)cc2)cc1. The molecule has 0 saturated carbocycles. The standard InChI is InChI=1S/C24H21ClFNOS/c1-27(2)22-13-5-17(6-14-22)15-23(24(28)19-7-9-20(25)10-8-19)29-16-18-3-11-21(26)12-4-18/h3-15H,16H2,1-2H3/b23-15+. The van der Waals surface area contributed by atoms with E-state index in [1.807, 2.05) is 49.3 Å². The lowest BCUT2D eigenvalue weighted by molar-refractivity contribution is 0.104. The van der Waals surface area contributed by atoms with Gasteiger partial charge in [0.25, 0.3) is 0 Å². The number of halogens is 2. The van der Waals surface area contributed by atoms with Crippen molar-refractivity contribution in [2.45, 2.75) is 5.75 Å². The molecule has 3 rings (SSSR count). The van der Waals surface area contributed by atoms with Crippen LogP contribution in [0.25, 0.3) is 6.08 Å². The number of carbonyl (C=O) groups excluding carboxylic acids is 1. The number of thioether (sulfide) groups is 1. The van der Waals surface area contributed by atoms with Gasteiger partial charge in [0.1, 0.15) is 5.82 Å². The fourth-order valence-electron chi connectivity index (χ4n) is 2.68. The maximum atomic E-state index is 13.2. The van der Waals surface area contributed by atoms with E-state index in [1.165, 1.54) is 23.9 Å². The lowest BCUT2D eigenvalue weighted by atomic mass is 10.1. The molecule has 0 atom stereocenters. The van der Waals surface area contributed by atoms with E-state index < -0.39 is 0 Å².